The summed E-state index contributed by atoms with van der Waals surface area (Å²) in [6, 6.07) is 1.97. The number of carbonyl (C=O) groups is 1. The van der Waals surface area contributed by atoms with Crippen molar-refractivity contribution in [2.75, 3.05) is 6.54 Å². The van der Waals surface area contributed by atoms with Crippen LogP contribution < -0.4 is 5.32 Å². The highest BCUT2D eigenvalue weighted by Gasteiger charge is 2.25. The standard InChI is InChI=1S/C11H16N2O/c1-2-5-12-11(14)10-6-9(7-13-10)8-3-4-8/h6-8,13H,2-5H2,1H3,(H,12,14). The molecule has 1 fully saturated rings. The number of H-pyrrole nitrogens is 1. The van der Waals surface area contributed by atoms with E-state index in [0.717, 1.165) is 13.0 Å². The van der Waals surface area contributed by atoms with Crippen molar-refractivity contribution in [3.05, 3.63) is 23.5 Å². The SMILES string of the molecule is CCCNC(=O)c1cc(C2CC2)c[nH]1. The molecule has 2 rings (SSSR count). The molecule has 1 saturated carbocycles. The highest BCUT2D eigenvalue weighted by atomic mass is 16.1. The lowest BCUT2D eigenvalue weighted by atomic mass is 10.2. The van der Waals surface area contributed by atoms with E-state index >= 15 is 0 Å². The molecule has 0 radical (unpaired) electrons. The summed E-state index contributed by atoms with van der Waals surface area (Å²) in [6.45, 7) is 2.79. The molecule has 0 saturated heterocycles. The number of rotatable bonds is 4. The molecule has 1 amide bonds. The van der Waals surface area contributed by atoms with Crippen LogP contribution in [0.15, 0.2) is 12.3 Å². The maximum absolute atomic E-state index is 11.5. The normalized spacial score (nSPS) is 15.5. The fraction of sp³-hybridized carbons (Fsp3) is 0.545. The van der Waals surface area contributed by atoms with Crippen LogP contribution in [0.3, 0.4) is 0 Å². The first-order valence-electron chi connectivity index (χ1n) is 5.27. The lowest BCUT2D eigenvalue weighted by molar-refractivity contribution is 0.0949. The van der Waals surface area contributed by atoms with Gasteiger partial charge >= 0.3 is 0 Å². The van der Waals surface area contributed by atoms with E-state index in [9.17, 15) is 4.79 Å². The summed E-state index contributed by atoms with van der Waals surface area (Å²) in [5.41, 5.74) is 1.98. The van der Waals surface area contributed by atoms with Gasteiger partial charge in [-0.1, -0.05) is 6.92 Å². The third kappa shape index (κ3) is 1.97. The Bertz CT molecular complexity index is 326. The first kappa shape index (κ1) is 9.31. The summed E-state index contributed by atoms with van der Waals surface area (Å²) in [4.78, 5) is 14.5. The zero-order valence-electron chi connectivity index (χ0n) is 8.47. The number of amides is 1. The third-order valence-corrected chi connectivity index (χ3v) is 2.53. The van der Waals surface area contributed by atoms with E-state index < -0.39 is 0 Å². The van der Waals surface area contributed by atoms with Gasteiger partial charge in [0.05, 0.1) is 0 Å². The van der Waals surface area contributed by atoms with Gasteiger partial charge in [-0.3, -0.25) is 4.79 Å². The average molecular weight is 192 g/mol. The molecule has 1 aromatic rings. The second kappa shape index (κ2) is 3.86. The lowest BCUT2D eigenvalue weighted by Gasteiger charge is -1.99. The molecule has 3 heteroatoms. The van der Waals surface area contributed by atoms with Gasteiger partial charge in [-0.15, -0.1) is 0 Å². The van der Waals surface area contributed by atoms with Crippen LogP contribution in [0.1, 0.15) is 48.2 Å². The van der Waals surface area contributed by atoms with E-state index in [1.807, 2.05) is 19.2 Å². The molecule has 0 unspecified atom stereocenters. The Balaban J connectivity index is 1.97. The summed E-state index contributed by atoms with van der Waals surface area (Å²) in [5.74, 6) is 0.720. The van der Waals surface area contributed by atoms with E-state index in [1.54, 1.807) is 0 Å². The highest BCUT2D eigenvalue weighted by Crippen LogP contribution is 2.40. The van der Waals surface area contributed by atoms with Gasteiger partial charge in [0.1, 0.15) is 5.69 Å². The smallest absolute Gasteiger partial charge is 0.267 e. The van der Waals surface area contributed by atoms with Gasteiger partial charge in [-0.2, -0.15) is 0 Å². The van der Waals surface area contributed by atoms with Crippen LogP contribution >= 0.6 is 0 Å². The molecule has 0 aromatic carbocycles. The molecule has 1 aliphatic rings. The summed E-state index contributed by atoms with van der Waals surface area (Å²) in [5, 5.41) is 2.85. The monoisotopic (exact) mass is 192 g/mol. The van der Waals surface area contributed by atoms with Crippen LogP contribution in [0.2, 0.25) is 0 Å². The zero-order chi connectivity index (χ0) is 9.97. The van der Waals surface area contributed by atoms with Crippen LogP contribution in [0.4, 0.5) is 0 Å². The molecule has 0 spiro atoms. The van der Waals surface area contributed by atoms with Crippen molar-refractivity contribution in [3.63, 3.8) is 0 Å². The quantitative estimate of drug-likeness (QED) is 0.753. The summed E-state index contributed by atoms with van der Waals surface area (Å²) in [7, 11) is 0. The minimum Gasteiger partial charge on any atom is -0.357 e. The molecule has 76 valence electrons. The topological polar surface area (TPSA) is 44.9 Å². The van der Waals surface area contributed by atoms with Crippen molar-refractivity contribution in [2.24, 2.45) is 0 Å². The summed E-state index contributed by atoms with van der Waals surface area (Å²) >= 11 is 0. The Kier molecular flexibility index (Phi) is 2.57. The van der Waals surface area contributed by atoms with E-state index in [4.69, 9.17) is 0 Å². The largest absolute Gasteiger partial charge is 0.357 e. The Morgan fingerprint density at radius 3 is 3.07 bits per heavy atom. The number of hydrogen-bond acceptors (Lipinski definition) is 1. The zero-order valence-corrected chi connectivity index (χ0v) is 8.47. The summed E-state index contributed by atoms with van der Waals surface area (Å²) in [6.07, 6.45) is 5.47. The minimum absolute atomic E-state index is 0.0127. The number of nitrogens with one attached hydrogen (secondary N) is 2. The van der Waals surface area contributed by atoms with Gasteiger partial charge in [-0.25, -0.2) is 0 Å². The van der Waals surface area contributed by atoms with Crippen LogP contribution in [0.25, 0.3) is 0 Å². The van der Waals surface area contributed by atoms with Crippen LogP contribution in [-0.4, -0.2) is 17.4 Å². The predicted molar refractivity (Wildman–Crippen MR) is 55.4 cm³/mol. The third-order valence-electron chi connectivity index (χ3n) is 2.53. The Labute approximate surface area is 83.9 Å². The van der Waals surface area contributed by atoms with E-state index in [-0.39, 0.29) is 5.91 Å². The number of hydrogen-bond donors (Lipinski definition) is 2. The van der Waals surface area contributed by atoms with Gasteiger partial charge in [0.15, 0.2) is 0 Å². The van der Waals surface area contributed by atoms with Gasteiger partial charge in [0.25, 0.3) is 5.91 Å². The average Bonchev–Trinajstić information content (AvgIpc) is 2.93. The molecule has 3 nitrogen and oxygen atoms in total. The molecule has 1 aliphatic carbocycles. The van der Waals surface area contributed by atoms with Gasteiger partial charge in [-0.05, 0) is 36.8 Å². The molecule has 0 bridgehead atoms. The Hall–Kier alpha value is -1.25. The molecule has 2 N–H and O–H groups in total. The van der Waals surface area contributed by atoms with Gasteiger partial charge in [0.2, 0.25) is 0 Å². The maximum Gasteiger partial charge on any atom is 0.267 e. The predicted octanol–water partition coefficient (Wildman–Crippen LogP) is 2.03. The fourth-order valence-electron chi connectivity index (χ4n) is 1.53. The molecule has 0 atom stereocenters. The van der Waals surface area contributed by atoms with Crippen LogP contribution in [0.5, 0.6) is 0 Å². The second-order valence-electron chi connectivity index (χ2n) is 3.88. The number of aromatic nitrogens is 1. The fourth-order valence-corrected chi connectivity index (χ4v) is 1.53. The van der Waals surface area contributed by atoms with Gasteiger partial charge < -0.3 is 10.3 Å². The molecular weight excluding hydrogens is 176 g/mol. The van der Waals surface area contributed by atoms with Crippen LogP contribution in [-0.2, 0) is 0 Å². The minimum atomic E-state index is 0.0127. The van der Waals surface area contributed by atoms with E-state index in [1.165, 1.54) is 18.4 Å². The highest BCUT2D eigenvalue weighted by molar-refractivity contribution is 5.92. The number of aromatic amines is 1. The first-order chi connectivity index (χ1) is 6.81. The molecule has 0 aliphatic heterocycles. The number of carbonyl (C=O) groups excluding carboxylic acids is 1. The second-order valence-corrected chi connectivity index (χ2v) is 3.88. The Morgan fingerprint density at radius 2 is 2.43 bits per heavy atom. The summed E-state index contributed by atoms with van der Waals surface area (Å²) < 4.78 is 0. The first-order valence-corrected chi connectivity index (χ1v) is 5.27. The van der Waals surface area contributed by atoms with E-state index in [0.29, 0.717) is 11.6 Å². The van der Waals surface area contributed by atoms with Crippen molar-refractivity contribution in [2.45, 2.75) is 32.1 Å². The molecule has 14 heavy (non-hydrogen) atoms. The molecular formula is C11H16N2O. The van der Waals surface area contributed by atoms with Crippen molar-refractivity contribution in [1.82, 2.24) is 10.3 Å². The molecule has 1 heterocycles. The van der Waals surface area contributed by atoms with Crippen molar-refractivity contribution in [1.29, 1.82) is 0 Å². The Morgan fingerprint density at radius 1 is 1.64 bits per heavy atom. The van der Waals surface area contributed by atoms with Crippen LogP contribution in [0, 0.1) is 0 Å². The molecule has 1 aromatic heterocycles. The van der Waals surface area contributed by atoms with Crippen molar-refractivity contribution >= 4 is 5.91 Å². The van der Waals surface area contributed by atoms with E-state index in [2.05, 4.69) is 10.3 Å². The lowest BCUT2D eigenvalue weighted by Crippen LogP contribution is -2.24. The maximum atomic E-state index is 11.5. The van der Waals surface area contributed by atoms with Crippen molar-refractivity contribution in [3.8, 4) is 0 Å². The van der Waals surface area contributed by atoms with Gasteiger partial charge in [0, 0.05) is 12.7 Å². The van der Waals surface area contributed by atoms with Crippen molar-refractivity contribution < 1.29 is 4.79 Å².